The summed E-state index contributed by atoms with van der Waals surface area (Å²) in [5, 5.41) is 3.04. The van der Waals surface area contributed by atoms with Crippen molar-refractivity contribution in [3.63, 3.8) is 0 Å². The standard InChI is InChI=1S/C18H28N4O2/c1-19-17-9-5-8-15(20-17)16-12-22(10-11-24-16)18(23)13-21(2)14-6-3-4-7-14/h5,8-9,14,16H,3-4,6-7,10-13H2,1-2H3,(H,19,20)/t16-/m1/s1. The van der Waals surface area contributed by atoms with Gasteiger partial charge in [0.1, 0.15) is 11.9 Å². The molecule has 0 radical (unpaired) electrons. The van der Waals surface area contributed by atoms with Crippen molar-refractivity contribution >= 4 is 11.7 Å². The molecule has 132 valence electrons. The lowest BCUT2D eigenvalue weighted by Crippen LogP contribution is -2.47. The van der Waals surface area contributed by atoms with E-state index in [0.717, 1.165) is 11.5 Å². The molecule has 24 heavy (non-hydrogen) atoms. The fourth-order valence-electron chi connectivity index (χ4n) is 3.61. The van der Waals surface area contributed by atoms with Gasteiger partial charge in [0.15, 0.2) is 0 Å². The lowest BCUT2D eigenvalue weighted by atomic mass is 10.1. The van der Waals surface area contributed by atoms with Crippen LogP contribution in [0.5, 0.6) is 0 Å². The third-order valence-corrected chi connectivity index (χ3v) is 5.11. The quantitative estimate of drug-likeness (QED) is 0.892. The van der Waals surface area contributed by atoms with Gasteiger partial charge in [-0.2, -0.15) is 0 Å². The Morgan fingerprint density at radius 2 is 2.21 bits per heavy atom. The van der Waals surface area contributed by atoms with Crippen molar-refractivity contribution in [2.24, 2.45) is 0 Å². The van der Waals surface area contributed by atoms with Crippen LogP contribution in [0.2, 0.25) is 0 Å². The fourth-order valence-corrected chi connectivity index (χ4v) is 3.61. The Morgan fingerprint density at radius 3 is 2.96 bits per heavy atom. The highest BCUT2D eigenvalue weighted by atomic mass is 16.5. The lowest BCUT2D eigenvalue weighted by molar-refractivity contribution is -0.140. The van der Waals surface area contributed by atoms with Crippen molar-refractivity contribution in [2.75, 3.05) is 45.7 Å². The highest BCUT2D eigenvalue weighted by Gasteiger charge is 2.28. The van der Waals surface area contributed by atoms with Gasteiger partial charge in [0.2, 0.25) is 5.91 Å². The van der Waals surface area contributed by atoms with Crippen LogP contribution in [0.1, 0.15) is 37.5 Å². The van der Waals surface area contributed by atoms with E-state index in [1.165, 1.54) is 25.7 Å². The first-order valence-electron chi connectivity index (χ1n) is 8.91. The summed E-state index contributed by atoms with van der Waals surface area (Å²) in [5.74, 6) is 1.02. The first-order chi connectivity index (χ1) is 11.7. The Labute approximate surface area is 144 Å². The second-order valence-corrected chi connectivity index (χ2v) is 6.75. The number of rotatable bonds is 5. The molecular weight excluding hydrogens is 304 g/mol. The van der Waals surface area contributed by atoms with Crippen molar-refractivity contribution in [3.8, 4) is 0 Å². The molecule has 0 unspecified atom stereocenters. The number of hydrogen-bond acceptors (Lipinski definition) is 5. The average molecular weight is 332 g/mol. The topological polar surface area (TPSA) is 57.7 Å². The van der Waals surface area contributed by atoms with E-state index >= 15 is 0 Å². The van der Waals surface area contributed by atoms with Crippen LogP contribution in [0.25, 0.3) is 0 Å². The number of nitrogens with zero attached hydrogens (tertiary/aromatic N) is 3. The van der Waals surface area contributed by atoms with Crippen LogP contribution in [0.3, 0.4) is 0 Å². The number of carbonyl (C=O) groups excluding carboxylic acids is 1. The zero-order valence-electron chi connectivity index (χ0n) is 14.7. The summed E-state index contributed by atoms with van der Waals surface area (Å²) in [6.07, 6.45) is 4.87. The van der Waals surface area contributed by atoms with Crippen LogP contribution in [-0.2, 0) is 9.53 Å². The van der Waals surface area contributed by atoms with Crippen molar-refractivity contribution in [2.45, 2.75) is 37.8 Å². The van der Waals surface area contributed by atoms with Crippen molar-refractivity contribution in [3.05, 3.63) is 23.9 Å². The van der Waals surface area contributed by atoms with Gasteiger partial charge in [-0.05, 0) is 32.0 Å². The minimum absolute atomic E-state index is 0.146. The number of nitrogens with one attached hydrogen (secondary N) is 1. The Morgan fingerprint density at radius 1 is 1.42 bits per heavy atom. The van der Waals surface area contributed by atoms with Gasteiger partial charge in [0.05, 0.1) is 25.4 Å². The van der Waals surface area contributed by atoms with Gasteiger partial charge in [0.25, 0.3) is 0 Å². The van der Waals surface area contributed by atoms with Crippen LogP contribution in [0, 0.1) is 0 Å². The Balaban J connectivity index is 1.59. The van der Waals surface area contributed by atoms with Crippen LogP contribution in [-0.4, -0.2) is 67.1 Å². The highest BCUT2D eigenvalue weighted by Crippen LogP contribution is 2.24. The number of carbonyl (C=O) groups is 1. The van der Waals surface area contributed by atoms with Gasteiger partial charge in [-0.15, -0.1) is 0 Å². The molecule has 1 saturated heterocycles. The number of morpholine rings is 1. The maximum absolute atomic E-state index is 12.7. The van der Waals surface area contributed by atoms with Crippen molar-refractivity contribution < 1.29 is 9.53 Å². The molecule has 1 saturated carbocycles. The van der Waals surface area contributed by atoms with E-state index in [9.17, 15) is 4.79 Å². The summed E-state index contributed by atoms with van der Waals surface area (Å²) in [4.78, 5) is 21.4. The van der Waals surface area contributed by atoms with Gasteiger partial charge in [0, 0.05) is 19.6 Å². The number of likely N-dealkylation sites (N-methyl/N-ethyl adjacent to an activating group) is 1. The number of aromatic nitrogens is 1. The largest absolute Gasteiger partial charge is 0.373 e. The molecule has 1 amide bonds. The number of anilines is 1. The van der Waals surface area contributed by atoms with Gasteiger partial charge in [-0.25, -0.2) is 4.98 Å². The molecule has 2 heterocycles. The minimum Gasteiger partial charge on any atom is -0.373 e. The van der Waals surface area contributed by atoms with Crippen LogP contribution in [0.15, 0.2) is 18.2 Å². The van der Waals surface area contributed by atoms with Gasteiger partial charge in [-0.3, -0.25) is 9.69 Å². The normalized spacial score (nSPS) is 22.1. The number of pyridine rings is 1. The van der Waals surface area contributed by atoms with Gasteiger partial charge < -0.3 is 15.0 Å². The number of ether oxygens (including phenoxy) is 1. The van der Waals surface area contributed by atoms with E-state index in [-0.39, 0.29) is 12.0 Å². The second-order valence-electron chi connectivity index (χ2n) is 6.75. The first kappa shape index (κ1) is 17.2. The molecular formula is C18H28N4O2. The lowest BCUT2D eigenvalue weighted by Gasteiger charge is -2.34. The summed E-state index contributed by atoms with van der Waals surface area (Å²) in [6.45, 7) is 2.31. The fraction of sp³-hybridized carbons (Fsp3) is 0.667. The molecule has 3 rings (SSSR count). The monoisotopic (exact) mass is 332 g/mol. The summed E-state index contributed by atoms with van der Waals surface area (Å²) < 4.78 is 5.85. The molecule has 0 aromatic carbocycles. The Kier molecular flexibility index (Phi) is 5.68. The van der Waals surface area contributed by atoms with Gasteiger partial charge in [-0.1, -0.05) is 18.9 Å². The third kappa shape index (κ3) is 4.05. The average Bonchev–Trinajstić information content (AvgIpc) is 3.16. The molecule has 0 bridgehead atoms. The molecule has 2 aliphatic rings. The maximum atomic E-state index is 12.7. The molecule has 1 atom stereocenters. The summed E-state index contributed by atoms with van der Waals surface area (Å²) in [6, 6.07) is 6.42. The molecule has 1 aromatic rings. The zero-order chi connectivity index (χ0) is 16.9. The minimum atomic E-state index is -0.146. The van der Waals surface area contributed by atoms with E-state index in [0.29, 0.717) is 32.3 Å². The van der Waals surface area contributed by atoms with Crippen LogP contribution >= 0.6 is 0 Å². The smallest absolute Gasteiger partial charge is 0.236 e. The molecule has 0 spiro atoms. The summed E-state index contributed by atoms with van der Waals surface area (Å²) >= 11 is 0. The van der Waals surface area contributed by atoms with E-state index in [2.05, 4.69) is 22.2 Å². The van der Waals surface area contributed by atoms with Crippen LogP contribution in [0.4, 0.5) is 5.82 Å². The Bertz CT molecular complexity index is 560. The third-order valence-electron chi connectivity index (χ3n) is 5.11. The van der Waals surface area contributed by atoms with Crippen molar-refractivity contribution in [1.29, 1.82) is 0 Å². The predicted octanol–water partition coefficient (Wildman–Crippen LogP) is 1.90. The molecule has 1 aliphatic carbocycles. The van der Waals surface area contributed by atoms with E-state index in [4.69, 9.17) is 4.74 Å². The summed E-state index contributed by atoms with van der Waals surface area (Å²) in [5.41, 5.74) is 0.878. The van der Waals surface area contributed by atoms with E-state index in [1.807, 2.05) is 30.1 Å². The zero-order valence-corrected chi connectivity index (χ0v) is 14.7. The summed E-state index contributed by atoms with van der Waals surface area (Å²) in [7, 11) is 3.92. The molecule has 6 heteroatoms. The molecule has 1 aromatic heterocycles. The molecule has 6 nitrogen and oxygen atoms in total. The molecule has 1 N–H and O–H groups in total. The van der Waals surface area contributed by atoms with E-state index < -0.39 is 0 Å². The highest BCUT2D eigenvalue weighted by molar-refractivity contribution is 5.78. The SMILES string of the molecule is CNc1cccc([C@H]2CN(C(=O)CN(C)C3CCCC3)CCO2)n1. The van der Waals surface area contributed by atoms with Gasteiger partial charge >= 0.3 is 0 Å². The number of hydrogen-bond donors (Lipinski definition) is 1. The van der Waals surface area contributed by atoms with Crippen LogP contribution < -0.4 is 5.32 Å². The maximum Gasteiger partial charge on any atom is 0.236 e. The number of amides is 1. The molecule has 2 fully saturated rings. The van der Waals surface area contributed by atoms with Crippen molar-refractivity contribution in [1.82, 2.24) is 14.8 Å². The molecule has 1 aliphatic heterocycles. The Hall–Kier alpha value is -1.66. The van der Waals surface area contributed by atoms with E-state index in [1.54, 1.807) is 0 Å². The second kappa shape index (κ2) is 7.94. The first-order valence-corrected chi connectivity index (χ1v) is 8.91. The predicted molar refractivity (Wildman–Crippen MR) is 93.9 cm³/mol.